The van der Waals surface area contributed by atoms with E-state index in [0.29, 0.717) is 0 Å². The van der Waals surface area contributed by atoms with E-state index < -0.39 is 0 Å². The molecule has 1 aromatic rings. The van der Waals surface area contributed by atoms with Crippen LogP contribution in [0.3, 0.4) is 0 Å². The maximum Gasteiger partial charge on any atom is 0.0354 e. The van der Waals surface area contributed by atoms with Crippen molar-refractivity contribution in [2.45, 2.75) is 6.42 Å². The molecule has 0 aliphatic rings. The van der Waals surface area contributed by atoms with Gasteiger partial charge in [-0.1, -0.05) is 12.2 Å². The topological polar surface area (TPSA) is 26.0 Å². The first kappa shape index (κ1) is 8.97. The molecule has 0 bridgehead atoms. The lowest BCUT2D eigenvalue weighted by molar-refractivity contribution is 1.01. The molecular formula is C8H10BrNS. The van der Waals surface area contributed by atoms with Gasteiger partial charge in [0.15, 0.2) is 0 Å². The van der Waals surface area contributed by atoms with Crippen LogP contribution in [0.25, 0.3) is 6.08 Å². The first-order valence-corrected chi connectivity index (χ1v) is 5.16. The van der Waals surface area contributed by atoms with Crippen molar-refractivity contribution >= 4 is 33.3 Å². The summed E-state index contributed by atoms with van der Waals surface area (Å²) in [4.78, 5) is 0. The molecule has 0 aliphatic carbocycles. The number of rotatable bonds is 3. The van der Waals surface area contributed by atoms with E-state index in [1.54, 1.807) is 11.3 Å². The van der Waals surface area contributed by atoms with E-state index in [1.165, 1.54) is 5.56 Å². The Hall–Kier alpha value is -0.120. The molecule has 1 aromatic heterocycles. The molecule has 1 heterocycles. The molecule has 1 rings (SSSR count). The van der Waals surface area contributed by atoms with Crippen LogP contribution < -0.4 is 5.73 Å². The van der Waals surface area contributed by atoms with Gasteiger partial charge in [0.1, 0.15) is 0 Å². The molecule has 0 aromatic carbocycles. The molecule has 2 N–H and O–H groups in total. The van der Waals surface area contributed by atoms with Crippen LogP contribution in [-0.4, -0.2) is 6.54 Å². The van der Waals surface area contributed by atoms with Crippen molar-refractivity contribution < 1.29 is 0 Å². The highest BCUT2D eigenvalue weighted by molar-refractivity contribution is 9.10. The van der Waals surface area contributed by atoms with Gasteiger partial charge in [0.25, 0.3) is 0 Å². The summed E-state index contributed by atoms with van der Waals surface area (Å²) >= 11 is 5.14. The average molecular weight is 232 g/mol. The standard InChI is InChI=1S/C8H10BrNS/c9-8-6-11-5-7(8)3-1-2-4-10/h1,3,5-6H,2,4,10H2. The zero-order chi connectivity index (χ0) is 8.10. The Morgan fingerprint density at radius 3 is 2.91 bits per heavy atom. The predicted molar refractivity (Wildman–Crippen MR) is 54.7 cm³/mol. The van der Waals surface area contributed by atoms with Gasteiger partial charge < -0.3 is 5.73 Å². The second-order valence-corrected chi connectivity index (χ2v) is 3.75. The maximum atomic E-state index is 5.35. The highest BCUT2D eigenvalue weighted by Gasteiger charge is 1.93. The fourth-order valence-electron chi connectivity index (χ4n) is 0.717. The normalized spacial score (nSPS) is 11.1. The Balaban J connectivity index is 2.56. The van der Waals surface area contributed by atoms with Gasteiger partial charge in [0.2, 0.25) is 0 Å². The number of hydrogen-bond donors (Lipinski definition) is 1. The Kier molecular flexibility index (Phi) is 3.83. The van der Waals surface area contributed by atoms with Crippen molar-refractivity contribution in [3.05, 3.63) is 26.9 Å². The van der Waals surface area contributed by atoms with Crippen molar-refractivity contribution in [3.8, 4) is 0 Å². The van der Waals surface area contributed by atoms with Crippen LogP contribution in [0.5, 0.6) is 0 Å². The van der Waals surface area contributed by atoms with Gasteiger partial charge in [0, 0.05) is 9.85 Å². The molecule has 0 atom stereocenters. The molecule has 0 radical (unpaired) electrons. The second-order valence-electron chi connectivity index (χ2n) is 2.15. The second kappa shape index (κ2) is 4.70. The van der Waals surface area contributed by atoms with Gasteiger partial charge >= 0.3 is 0 Å². The molecule has 0 saturated carbocycles. The minimum Gasteiger partial charge on any atom is -0.330 e. The van der Waals surface area contributed by atoms with Crippen molar-refractivity contribution in [1.29, 1.82) is 0 Å². The third kappa shape index (κ3) is 2.77. The zero-order valence-corrected chi connectivity index (χ0v) is 8.49. The lowest BCUT2D eigenvalue weighted by Crippen LogP contribution is -1.94. The van der Waals surface area contributed by atoms with Crippen LogP contribution in [-0.2, 0) is 0 Å². The third-order valence-corrected chi connectivity index (χ3v) is 3.02. The summed E-state index contributed by atoms with van der Waals surface area (Å²) in [5.74, 6) is 0. The summed E-state index contributed by atoms with van der Waals surface area (Å²) in [6.07, 6.45) is 5.13. The van der Waals surface area contributed by atoms with Crippen molar-refractivity contribution in [2.24, 2.45) is 5.73 Å². The summed E-state index contributed by atoms with van der Waals surface area (Å²) in [5, 5.41) is 4.18. The molecule has 11 heavy (non-hydrogen) atoms. The summed E-state index contributed by atoms with van der Waals surface area (Å²) in [6.45, 7) is 0.720. The number of halogens is 1. The Bertz CT molecular complexity index is 242. The van der Waals surface area contributed by atoms with Gasteiger partial charge in [0.05, 0.1) is 0 Å². The van der Waals surface area contributed by atoms with E-state index in [9.17, 15) is 0 Å². The lowest BCUT2D eigenvalue weighted by Gasteiger charge is -1.87. The fourth-order valence-corrected chi connectivity index (χ4v) is 2.11. The molecule has 0 fully saturated rings. The molecule has 60 valence electrons. The molecule has 0 amide bonds. The maximum absolute atomic E-state index is 5.35. The predicted octanol–water partition coefficient (Wildman–Crippen LogP) is 2.87. The van der Waals surface area contributed by atoms with Crippen molar-refractivity contribution in [1.82, 2.24) is 0 Å². The highest BCUT2D eigenvalue weighted by Crippen LogP contribution is 2.22. The Morgan fingerprint density at radius 2 is 2.36 bits per heavy atom. The summed E-state index contributed by atoms with van der Waals surface area (Å²) < 4.78 is 1.16. The van der Waals surface area contributed by atoms with Gasteiger partial charge in [-0.25, -0.2) is 0 Å². The molecule has 1 nitrogen and oxygen atoms in total. The van der Waals surface area contributed by atoms with Gasteiger partial charge in [-0.15, -0.1) is 0 Å². The molecule has 0 saturated heterocycles. The first-order chi connectivity index (χ1) is 5.34. The van der Waals surface area contributed by atoms with Gasteiger partial charge in [-0.3, -0.25) is 0 Å². The van der Waals surface area contributed by atoms with Gasteiger partial charge in [-0.2, -0.15) is 11.3 Å². The van der Waals surface area contributed by atoms with Crippen molar-refractivity contribution in [2.75, 3.05) is 6.54 Å². The van der Waals surface area contributed by atoms with E-state index >= 15 is 0 Å². The van der Waals surface area contributed by atoms with E-state index in [-0.39, 0.29) is 0 Å². The highest BCUT2D eigenvalue weighted by atomic mass is 79.9. The SMILES string of the molecule is NCCC=Cc1cscc1Br. The molecule has 0 aliphatic heterocycles. The van der Waals surface area contributed by atoms with E-state index in [4.69, 9.17) is 5.73 Å². The van der Waals surface area contributed by atoms with Crippen LogP contribution in [0.2, 0.25) is 0 Å². The zero-order valence-electron chi connectivity index (χ0n) is 6.09. The third-order valence-electron chi connectivity index (χ3n) is 1.27. The quantitative estimate of drug-likeness (QED) is 0.851. The fraction of sp³-hybridized carbons (Fsp3) is 0.250. The van der Waals surface area contributed by atoms with E-state index in [1.807, 2.05) is 0 Å². The van der Waals surface area contributed by atoms with E-state index in [0.717, 1.165) is 17.4 Å². The smallest absolute Gasteiger partial charge is 0.0354 e. The van der Waals surface area contributed by atoms with Crippen LogP contribution in [0.15, 0.2) is 21.3 Å². The minimum atomic E-state index is 0.720. The molecule has 0 unspecified atom stereocenters. The molecule has 3 heteroatoms. The summed E-state index contributed by atoms with van der Waals surface area (Å²) in [6, 6.07) is 0. The summed E-state index contributed by atoms with van der Waals surface area (Å²) in [7, 11) is 0. The number of thiophene rings is 1. The van der Waals surface area contributed by atoms with Crippen LogP contribution in [0, 0.1) is 0 Å². The van der Waals surface area contributed by atoms with Crippen LogP contribution in [0.1, 0.15) is 12.0 Å². The first-order valence-electron chi connectivity index (χ1n) is 3.43. The van der Waals surface area contributed by atoms with Crippen LogP contribution >= 0.6 is 27.3 Å². The Morgan fingerprint density at radius 1 is 1.55 bits per heavy atom. The Labute approximate surface area is 79.0 Å². The summed E-state index contributed by atoms with van der Waals surface area (Å²) in [5.41, 5.74) is 6.58. The number of nitrogens with two attached hydrogens (primary N) is 1. The number of hydrogen-bond acceptors (Lipinski definition) is 2. The van der Waals surface area contributed by atoms with Gasteiger partial charge in [-0.05, 0) is 39.8 Å². The van der Waals surface area contributed by atoms with Crippen LogP contribution in [0.4, 0.5) is 0 Å². The molecular weight excluding hydrogens is 222 g/mol. The molecule has 0 spiro atoms. The van der Waals surface area contributed by atoms with E-state index in [2.05, 4.69) is 38.8 Å². The largest absolute Gasteiger partial charge is 0.330 e. The van der Waals surface area contributed by atoms with Crippen molar-refractivity contribution in [3.63, 3.8) is 0 Å². The monoisotopic (exact) mass is 231 g/mol. The minimum absolute atomic E-state index is 0.720. The average Bonchev–Trinajstić information content (AvgIpc) is 2.37. The lowest BCUT2D eigenvalue weighted by atomic mass is 10.3.